The highest BCUT2D eigenvalue weighted by atomic mass is 16.5. The maximum absolute atomic E-state index is 12.3. The molecule has 2 fully saturated rings. The second kappa shape index (κ2) is 9.78. The van der Waals surface area contributed by atoms with E-state index in [1.54, 1.807) is 12.0 Å². The van der Waals surface area contributed by atoms with Crippen LogP contribution in [0.5, 0.6) is 11.5 Å². The zero-order valence-electron chi connectivity index (χ0n) is 17.1. The summed E-state index contributed by atoms with van der Waals surface area (Å²) < 4.78 is 16.4. The van der Waals surface area contributed by atoms with E-state index in [9.17, 15) is 4.79 Å². The number of hydrazone groups is 1. The van der Waals surface area contributed by atoms with Crippen molar-refractivity contribution in [1.82, 2.24) is 9.91 Å². The average Bonchev–Trinajstić information content (AvgIpc) is 2.72. The fourth-order valence-electron chi connectivity index (χ4n) is 3.70. The van der Waals surface area contributed by atoms with Gasteiger partial charge in [-0.25, -0.2) is 0 Å². The Hall–Kier alpha value is -2.28. The van der Waals surface area contributed by atoms with Crippen LogP contribution >= 0.6 is 0 Å². The van der Waals surface area contributed by atoms with E-state index in [2.05, 4.69) is 18.9 Å². The van der Waals surface area contributed by atoms with Crippen LogP contribution in [0.15, 0.2) is 23.3 Å². The number of ether oxygens (including phenoxy) is 3. The molecule has 7 nitrogen and oxygen atoms in total. The lowest BCUT2D eigenvalue weighted by Gasteiger charge is -2.36. The second-order valence-electron chi connectivity index (χ2n) is 7.45. The molecule has 0 aromatic heterocycles. The molecule has 2 heterocycles. The first-order valence-electron chi connectivity index (χ1n) is 10.1. The Morgan fingerprint density at radius 1 is 1.21 bits per heavy atom. The van der Waals surface area contributed by atoms with E-state index in [0.29, 0.717) is 49.9 Å². The number of carbonyl (C=O) groups is 1. The van der Waals surface area contributed by atoms with E-state index in [-0.39, 0.29) is 12.5 Å². The minimum Gasteiger partial charge on any atom is -0.493 e. The molecular weight excluding hydrogens is 358 g/mol. The highest BCUT2D eigenvalue weighted by Crippen LogP contribution is 2.28. The smallest absolute Gasteiger partial charge is 0.260 e. The maximum atomic E-state index is 12.3. The van der Waals surface area contributed by atoms with Gasteiger partial charge in [0.2, 0.25) is 0 Å². The Balaban J connectivity index is 1.61. The van der Waals surface area contributed by atoms with Gasteiger partial charge in [-0.15, -0.1) is 0 Å². The molecule has 1 aromatic rings. The fraction of sp³-hybridized carbons (Fsp3) is 0.619. The highest BCUT2D eigenvalue weighted by molar-refractivity contribution is 5.81. The molecule has 2 aliphatic rings. The van der Waals surface area contributed by atoms with Gasteiger partial charge in [0.15, 0.2) is 18.1 Å². The van der Waals surface area contributed by atoms with Crippen LogP contribution in [-0.4, -0.2) is 74.1 Å². The molecule has 154 valence electrons. The summed E-state index contributed by atoms with van der Waals surface area (Å²) in [4.78, 5) is 14.0. The molecule has 28 heavy (non-hydrogen) atoms. The summed E-state index contributed by atoms with van der Waals surface area (Å²) in [5.74, 6) is 1.11. The van der Waals surface area contributed by atoms with E-state index in [1.807, 2.05) is 24.4 Å². The third-order valence-electron chi connectivity index (χ3n) is 5.39. The van der Waals surface area contributed by atoms with Crippen molar-refractivity contribution in [3.05, 3.63) is 23.8 Å². The zero-order chi connectivity index (χ0) is 19.9. The molecule has 2 saturated heterocycles. The fourth-order valence-corrected chi connectivity index (χ4v) is 3.70. The van der Waals surface area contributed by atoms with Gasteiger partial charge in [0.1, 0.15) is 0 Å². The van der Waals surface area contributed by atoms with Crippen LogP contribution in [0.2, 0.25) is 0 Å². The van der Waals surface area contributed by atoms with Gasteiger partial charge < -0.3 is 19.1 Å². The Labute approximate surface area is 167 Å². The van der Waals surface area contributed by atoms with Gasteiger partial charge in [-0.1, -0.05) is 0 Å². The molecule has 2 atom stereocenters. The molecule has 0 bridgehead atoms. The van der Waals surface area contributed by atoms with E-state index in [0.717, 1.165) is 5.56 Å². The molecule has 0 unspecified atom stereocenters. The summed E-state index contributed by atoms with van der Waals surface area (Å²) in [6.07, 6.45) is 5.48. The average molecular weight is 389 g/mol. The van der Waals surface area contributed by atoms with E-state index in [4.69, 9.17) is 19.3 Å². The van der Waals surface area contributed by atoms with Crippen molar-refractivity contribution in [2.45, 2.75) is 45.2 Å². The molecule has 0 N–H and O–H groups in total. The number of methoxy groups -OCH3 is 1. The number of hydrogen-bond acceptors (Lipinski definition) is 6. The lowest BCUT2D eigenvalue weighted by atomic mass is 10.00. The predicted octanol–water partition coefficient (Wildman–Crippen LogP) is 2.53. The summed E-state index contributed by atoms with van der Waals surface area (Å²) in [6.45, 7) is 6.82. The van der Waals surface area contributed by atoms with Crippen LogP contribution in [0.3, 0.4) is 0 Å². The van der Waals surface area contributed by atoms with Gasteiger partial charge in [0, 0.05) is 25.2 Å². The van der Waals surface area contributed by atoms with Crippen LogP contribution in [0.25, 0.3) is 0 Å². The van der Waals surface area contributed by atoms with Crippen LogP contribution in [-0.2, 0) is 9.53 Å². The lowest BCUT2D eigenvalue weighted by molar-refractivity contribution is -0.137. The zero-order valence-corrected chi connectivity index (χ0v) is 17.1. The van der Waals surface area contributed by atoms with E-state index in [1.165, 1.54) is 19.3 Å². The third kappa shape index (κ3) is 5.16. The molecular formula is C21H31N3O4. The normalized spacial score (nSPS) is 23.1. The molecule has 3 rings (SSSR count). The highest BCUT2D eigenvalue weighted by Gasteiger charge is 2.23. The minimum absolute atomic E-state index is 0.00734. The number of hydrogen-bond donors (Lipinski definition) is 0. The molecule has 7 heteroatoms. The van der Waals surface area contributed by atoms with Crippen molar-refractivity contribution in [2.24, 2.45) is 5.10 Å². The Morgan fingerprint density at radius 2 is 1.93 bits per heavy atom. The molecule has 0 saturated carbocycles. The number of benzene rings is 1. The van der Waals surface area contributed by atoms with Gasteiger partial charge in [-0.05, 0) is 56.9 Å². The van der Waals surface area contributed by atoms with Gasteiger partial charge in [0.25, 0.3) is 5.91 Å². The van der Waals surface area contributed by atoms with Crippen LogP contribution in [0.1, 0.15) is 38.7 Å². The number of carbonyl (C=O) groups excluding carboxylic acids is 1. The second-order valence-corrected chi connectivity index (χ2v) is 7.45. The standard InChI is InChI=1S/C21H31N3O4/c1-16-5-4-6-17(2)24(16)22-14-18-7-8-19(20(13-18)26-3)28-15-21(25)23-9-11-27-12-10-23/h7-8,13-14,16-17H,4-6,9-12,15H2,1-3H3/b22-14-/t16-,17-/m0/s1. The molecule has 1 amide bonds. The van der Waals surface area contributed by atoms with Crippen LogP contribution in [0.4, 0.5) is 0 Å². The van der Waals surface area contributed by atoms with Crippen molar-refractivity contribution >= 4 is 12.1 Å². The number of rotatable bonds is 6. The summed E-state index contributed by atoms with van der Waals surface area (Å²) in [5, 5.41) is 6.88. The van der Waals surface area contributed by atoms with Gasteiger partial charge in [-0.2, -0.15) is 5.10 Å². The van der Waals surface area contributed by atoms with Crippen molar-refractivity contribution < 1.29 is 19.0 Å². The largest absolute Gasteiger partial charge is 0.493 e. The van der Waals surface area contributed by atoms with E-state index >= 15 is 0 Å². The molecule has 0 aliphatic carbocycles. The van der Waals surface area contributed by atoms with Gasteiger partial charge in [0.05, 0.1) is 26.5 Å². The van der Waals surface area contributed by atoms with Crippen LogP contribution < -0.4 is 9.47 Å². The summed E-state index contributed by atoms with van der Waals surface area (Å²) >= 11 is 0. The lowest BCUT2D eigenvalue weighted by Crippen LogP contribution is -2.43. The number of morpholine rings is 1. The Kier molecular flexibility index (Phi) is 7.14. The monoisotopic (exact) mass is 389 g/mol. The minimum atomic E-state index is -0.0379. The van der Waals surface area contributed by atoms with Gasteiger partial charge in [-0.3, -0.25) is 9.80 Å². The number of piperidine rings is 1. The quantitative estimate of drug-likeness (QED) is 0.700. The maximum Gasteiger partial charge on any atom is 0.260 e. The van der Waals surface area contributed by atoms with Crippen LogP contribution in [0, 0.1) is 0 Å². The Morgan fingerprint density at radius 3 is 2.61 bits per heavy atom. The summed E-state index contributed by atoms with van der Waals surface area (Å²) in [5.41, 5.74) is 0.939. The number of amides is 1. The number of nitrogens with zero attached hydrogens (tertiary/aromatic N) is 3. The molecule has 2 aliphatic heterocycles. The molecule has 0 radical (unpaired) electrons. The summed E-state index contributed by atoms with van der Waals surface area (Å²) in [7, 11) is 1.60. The third-order valence-corrected chi connectivity index (χ3v) is 5.39. The topological polar surface area (TPSA) is 63.6 Å². The van der Waals surface area contributed by atoms with Crippen molar-refractivity contribution in [1.29, 1.82) is 0 Å². The molecule has 0 spiro atoms. The first-order chi connectivity index (χ1) is 13.6. The first-order valence-corrected chi connectivity index (χ1v) is 10.1. The predicted molar refractivity (Wildman–Crippen MR) is 108 cm³/mol. The van der Waals surface area contributed by atoms with Gasteiger partial charge >= 0.3 is 0 Å². The molecule has 1 aromatic carbocycles. The first kappa shape index (κ1) is 20.5. The van der Waals surface area contributed by atoms with Crippen molar-refractivity contribution in [3.8, 4) is 11.5 Å². The summed E-state index contributed by atoms with van der Waals surface area (Å²) in [6, 6.07) is 6.55. The Bertz CT molecular complexity index is 678. The van der Waals surface area contributed by atoms with Crippen molar-refractivity contribution in [2.75, 3.05) is 40.0 Å². The van der Waals surface area contributed by atoms with Crippen molar-refractivity contribution in [3.63, 3.8) is 0 Å². The SMILES string of the molecule is COc1cc(/C=N\N2[C@@H](C)CCC[C@@H]2C)ccc1OCC(=O)N1CCOCC1. The van der Waals surface area contributed by atoms with E-state index < -0.39 is 0 Å².